The summed E-state index contributed by atoms with van der Waals surface area (Å²) < 4.78 is 5.45. The first-order chi connectivity index (χ1) is 13.6. The lowest BCUT2D eigenvalue weighted by Gasteiger charge is -2.31. The minimum Gasteiger partial charge on any atom is -0.379 e. The summed E-state index contributed by atoms with van der Waals surface area (Å²) in [5, 5.41) is 3.25. The maximum Gasteiger partial charge on any atom is 0.224 e. The van der Waals surface area contributed by atoms with E-state index in [1.165, 1.54) is 5.56 Å². The third-order valence-corrected chi connectivity index (χ3v) is 5.11. The van der Waals surface area contributed by atoms with Crippen LogP contribution in [0.2, 0.25) is 0 Å². The molecule has 0 saturated carbocycles. The summed E-state index contributed by atoms with van der Waals surface area (Å²) in [6.07, 6.45) is 1.48. The molecule has 3 rings (SSSR count). The highest BCUT2D eigenvalue weighted by molar-refractivity contribution is 5.79. The van der Waals surface area contributed by atoms with E-state index in [-0.39, 0.29) is 11.9 Å². The molecule has 1 N–H and O–H groups in total. The van der Waals surface area contributed by atoms with Crippen LogP contribution in [0.25, 0.3) is 0 Å². The first-order valence-electron chi connectivity index (χ1n) is 10.3. The van der Waals surface area contributed by atoms with Crippen LogP contribution in [0.1, 0.15) is 36.6 Å². The third-order valence-electron chi connectivity index (χ3n) is 5.11. The van der Waals surface area contributed by atoms with Crippen molar-refractivity contribution in [3.8, 4) is 0 Å². The number of morpholine rings is 1. The Kier molecular flexibility index (Phi) is 7.63. The number of carbonyl (C=O) groups excluding carboxylic acids is 1. The number of carbonyl (C=O) groups is 1. The van der Waals surface area contributed by atoms with Gasteiger partial charge in [-0.3, -0.25) is 9.69 Å². The van der Waals surface area contributed by atoms with Crippen molar-refractivity contribution >= 4 is 5.91 Å². The molecule has 1 saturated heterocycles. The molecule has 150 valence electrons. The van der Waals surface area contributed by atoms with E-state index in [4.69, 9.17) is 4.74 Å². The molecule has 1 heterocycles. The standard InChI is InChI=1S/C24H32N2O2/c1-19(2)16-20-8-10-21(11-9-20)17-24(27)25-23(22-6-4-3-5-7-22)18-26-12-14-28-15-13-26/h3-11,19,23H,12-18H2,1-2H3,(H,25,27). The fraction of sp³-hybridized carbons (Fsp3) is 0.458. The molecule has 0 aliphatic carbocycles. The van der Waals surface area contributed by atoms with Gasteiger partial charge in [-0.1, -0.05) is 68.4 Å². The van der Waals surface area contributed by atoms with Gasteiger partial charge in [0, 0.05) is 19.6 Å². The van der Waals surface area contributed by atoms with Crippen molar-refractivity contribution in [3.63, 3.8) is 0 Å². The summed E-state index contributed by atoms with van der Waals surface area (Å²) in [7, 11) is 0. The summed E-state index contributed by atoms with van der Waals surface area (Å²) >= 11 is 0. The zero-order valence-corrected chi connectivity index (χ0v) is 17.1. The van der Waals surface area contributed by atoms with E-state index >= 15 is 0 Å². The van der Waals surface area contributed by atoms with Crippen molar-refractivity contribution < 1.29 is 9.53 Å². The Bertz CT molecular complexity index is 722. The molecule has 0 bridgehead atoms. The summed E-state index contributed by atoms with van der Waals surface area (Å²) in [5.41, 5.74) is 3.53. The molecule has 0 radical (unpaired) electrons. The molecule has 1 fully saturated rings. The zero-order chi connectivity index (χ0) is 19.8. The molecule has 0 aromatic heterocycles. The Labute approximate surface area is 168 Å². The molecule has 1 aliphatic rings. The van der Waals surface area contributed by atoms with Crippen molar-refractivity contribution in [2.24, 2.45) is 5.92 Å². The van der Waals surface area contributed by atoms with Crippen LogP contribution in [0.3, 0.4) is 0 Å². The Morgan fingerprint density at radius 1 is 1.00 bits per heavy atom. The van der Waals surface area contributed by atoms with Gasteiger partial charge in [0.25, 0.3) is 0 Å². The van der Waals surface area contributed by atoms with E-state index in [1.54, 1.807) is 0 Å². The third kappa shape index (κ3) is 6.47. The minimum absolute atomic E-state index is 0.00739. The number of nitrogens with zero attached hydrogens (tertiary/aromatic N) is 1. The van der Waals surface area contributed by atoms with Crippen LogP contribution in [0.15, 0.2) is 54.6 Å². The molecule has 1 aliphatic heterocycles. The van der Waals surface area contributed by atoms with Gasteiger partial charge in [-0.15, -0.1) is 0 Å². The fourth-order valence-corrected chi connectivity index (χ4v) is 3.66. The van der Waals surface area contributed by atoms with Gasteiger partial charge in [0.1, 0.15) is 0 Å². The lowest BCUT2D eigenvalue weighted by atomic mass is 10.0. The van der Waals surface area contributed by atoms with E-state index in [9.17, 15) is 4.79 Å². The number of ether oxygens (including phenoxy) is 1. The molecular formula is C24H32N2O2. The highest BCUT2D eigenvalue weighted by Gasteiger charge is 2.20. The maximum absolute atomic E-state index is 12.7. The van der Waals surface area contributed by atoms with Gasteiger partial charge >= 0.3 is 0 Å². The van der Waals surface area contributed by atoms with Crippen molar-refractivity contribution in [2.45, 2.75) is 32.7 Å². The van der Waals surface area contributed by atoms with Crippen LogP contribution in [-0.4, -0.2) is 43.7 Å². The molecule has 1 unspecified atom stereocenters. The predicted molar refractivity (Wildman–Crippen MR) is 113 cm³/mol. The van der Waals surface area contributed by atoms with E-state index in [0.717, 1.165) is 50.4 Å². The largest absolute Gasteiger partial charge is 0.379 e. The van der Waals surface area contributed by atoms with Crippen molar-refractivity contribution in [2.75, 3.05) is 32.8 Å². The molecule has 1 amide bonds. The number of hydrogen-bond donors (Lipinski definition) is 1. The summed E-state index contributed by atoms with van der Waals surface area (Å²) in [6, 6.07) is 18.7. The second kappa shape index (κ2) is 10.4. The molecule has 28 heavy (non-hydrogen) atoms. The van der Waals surface area contributed by atoms with Crippen molar-refractivity contribution in [3.05, 3.63) is 71.3 Å². The highest BCUT2D eigenvalue weighted by atomic mass is 16.5. The Morgan fingerprint density at radius 2 is 1.64 bits per heavy atom. The smallest absolute Gasteiger partial charge is 0.224 e. The number of amides is 1. The first-order valence-corrected chi connectivity index (χ1v) is 10.3. The van der Waals surface area contributed by atoms with Crippen molar-refractivity contribution in [1.29, 1.82) is 0 Å². The van der Waals surface area contributed by atoms with Gasteiger partial charge in [-0.2, -0.15) is 0 Å². The molecule has 0 spiro atoms. The Hall–Kier alpha value is -2.17. The zero-order valence-electron chi connectivity index (χ0n) is 17.1. The second-order valence-electron chi connectivity index (χ2n) is 8.04. The van der Waals surface area contributed by atoms with Gasteiger partial charge in [0.15, 0.2) is 0 Å². The fourth-order valence-electron chi connectivity index (χ4n) is 3.66. The van der Waals surface area contributed by atoms with E-state index < -0.39 is 0 Å². The second-order valence-corrected chi connectivity index (χ2v) is 8.04. The lowest BCUT2D eigenvalue weighted by molar-refractivity contribution is -0.121. The van der Waals surface area contributed by atoms with Crippen LogP contribution in [0.4, 0.5) is 0 Å². The van der Waals surface area contributed by atoms with Crippen LogP contribution in [0, 0.1) is 5.92 Å². The SMILES string of the molecule is CC(C)Cc1ccc(CC(=O)NC(CN2CCOCC2)c2ccccc2)cc1. The van der Waals surface area contributed by atoms with Gasteiger partial charge in [0.2, 0.25) is 5.91 Å². The van der Waals surface area contributed by atoms with Gasteiger partial charge in [0.05, 0.1) is 25.7 Å². The Morgan fingerprint density at radius 3 is 2.29 bits per heavy atom. The predicted octanol–water partition coefficient (Wildman–Crippen LogP) is 3.62. The minimum atomic E-state index is -0.00739. The first kappa shape index (κ1) is 20.6. The molecule has 2 aromatic rings. The summed E-state index contributed by atoms with van der Waals surface area (Å²) in [4.78, 5) is 15.1. The monoisotopic (exact) mass is 380 g/mol. The average molecular weight is 381 g/mol. The van der Waals surface area contributed by atoms with E-state index in [0.29, 0.717) is 12.3 Å². The van der Waals surface area contributed by atoms with Gasteiger partial charge in [-0.25, -0.2) is 0 Å². The van der Waals surface area contributed by atoms with Crippen molar-refractivity contribution in [1.82, 2.24) is 10.2 Å². The van der Waals surface area contributed by atoms with Gasteiger partial charge in [-0.05, 0) is 29.0 Å². The number of rotatable bonds is 8. The van der Waals surface area contributed by atoms with E-state index in [1.807, 2.05) is 18.2 Å². The molecule has 4 heteroatoms. The summed E-state index contributed by atoms with van der Waals surface area (Å²) in [6.45, 7) is 8.61. The average Bonchev–Trinajstić information content (AvgIpc) is 2.70. The normalized spacial score (nSPS) is 16.1. The molecule has 1 atom stereocenters. The molecular weight excluding hydrogens is 348 g/mol. The lowest BCUT2D eigenvalue weighted by Crippen LogP contribution is -2.43. The highest BCUT2D eigenvalue weighted by Crippen LogP contribution is 2.16. The van der Waals surface area contributed by atoms with E-state index in [2.05, 4.69) is 60.5 Å². The van der Waals surface area contributed by atoms with Crippen LogP contribution in [-0.2, 0) is 22.4 Å². The molecule has 4 nitrogen and oxygen atoms in total. The topological polar surface area (TPSA) is 41.6 Å². The van der Waals surface area contributed by atoms with Crippen LogP contribution in [0.5, 0.6) is 0 Å². The number of hydrogen-bond acceptors (Lipinski definition) is 3. The van der Waals surface area contributed by atoms with Crippen LogP contribution < -0.4 is 5.32 Å². The Balaban J connectivity index is 1.61. The maximum atomic E-state index is 12.7. The van der Waals surface area contributed by atoms with Gasteiger partial charge < -0.3 is 10.1 Å². The molecule has 2 aromatic carbocycles. The van der Waals surface area contributed by atoms with Crippen LogP contribution >= 0.6 is 0 Å². The summed E-state index contributed by atoms with van der Waals surface area (Å²) in [5.74, 6) is 0.708. The number of nitrogens with one attached hydrogen (secondary N) is 1. The quantitative estimate of drug-likeness (QED) is 0.761. The number of benzene rings is 2.